The monoisotopic (exact) mass is 456 g/mol. The number of anilines is 1. The number of benzene rings is 2. The maximum Gasteiger partial charge on any atom is 0.242 e. The van der Waals surface area contributed by atoms with Crippen molar-refractivity contribution in [2.45, 2.75) is 23.6 Å². The van der Waals surface area contributed by atoms with Gasteiger partial charge in [0.1, 0.15) is 0 Å². The van der Waals surface area contributed by atoms with Crippen molar-refractivity contribution in [3.8, 4) is 0 Å². The van der Waals surface area contributed by atoms with Crippen molar-refractivity contribution in [1.82, 2.24) is 4.31 Å². The Morgan fingerprint density at radius 1 is 1.12 bits per heavy atom. The maximum atomic E-state index is 12.3. The van der Waals surface area contributed by atoms with Crippen LogP contribution in [0.1, 0.15) is 11.1 Å². The molecule has 26 heavy (non-hydrogen) atoms. The fourth-order valence-corrected chi connectivity index (χ4v) is 4.43. The van der Waals surface area contributed by atoms with E-state index >= 15 is 0 Å². The van der Waals surface area contributed by atoms with Gasteiger partial charge in [-0.1, -0.05) is 22.0 Å². The summed E-state index contributed by atoms with van der Waals surface area (Å²) in [4.78, 5) is 13.5. The van der Waals surface area contributed by atoms with E-state index in [2.05, 4.69) is 21.2 Å². The molecule has 0 aromatic heterocycles. The van der Waals surface area contributed by atoms with Gasteiger partial charge in [-0.15, -0.1) is 11.8 Å². The van der Waals surface area contributed by atoms with Gasteiger partial charge in [0, 0.05) is 29.2 Å². The summed E-state index contributed by atoms with van der Waals surface area (Å²) in [6.45, 7) is 3.82. The molecule has 5 nitrogen and oxygen atoms in total. The zero-order chi connectivity index (χ0) is 19.5. The minimum atomic E-state index is -3.54. The van der Waals surface area contributed by atoms with Gasteiger partial charge in [-0.2, -0.15) is 0 Å². The molecule has 0 saturated carbocycles. The zero-order valence-corrected chi connectivity index (χ0v) is 18.3. The summed E-state index contributed by atoms with van der Waals surface area (Å²) in [5, 5.41) is 2.81. The van der Waals surface area contributed by atoms with Crippen LogP contribution in [-0.4, -0.2) is 38.5 Å². The zero-order valence-electron chi connectivity index (χ0n) is 15.0. The number of amides is 1. The summed E-state index contributed by atoms with van der Waals surface area (Å²) in [5.74, 6) is 0.0619. The Morgan fingerprint density at radius 2 is 1.81 bits per heavy atom. The number of sulfonamides is 1. The topological polar surface area (TPSA) is 66.5 Å². The number of carbonyl (C=O) groups is 1. The molecular weight excluding hydrogens is 436 g/mol. The molecule has 0 fully saturated rings. The highest BCUT2D eigenvalue weighted by Gasteiger charge is 2.18. The highest BCUT2D eigenvalue weighted by atomic mass is 79.9. The molecule has 0 aliphatic carbocycles. The lowest BCUT2D eigenvalue weighted by molar-refractivity contribution is -0.113. The van der Waals surface area contributed by atoms with Crippen LogP contribution in [0, 0.1) is 13.8 Å². The van der Waals surface area contributed by atoms with Gasteiger partial charge in [-0.25, -0.2) is 12.7 Å². The summed E-state index contributed by atoms with van der Waals surface area (Å²) >= 11 is 4.86. The van der Waals surface area contributed by atoms with E-state index in [-0.39, 0.29) is 16.6 Å². The van der Waals surface area contributed by atoms with Crippen molar-refractivity contribution in [3.63, 3.8) is 0 Å². The van der Waals surface area contributed by atoms with E-state index in [1.807, 2.05) is 32.0 Å². The quantitative estimate of drug-likeness (QED) is 0.665. The highest BCUT2D eigenvalue weighted by Crippen LogP contribution is 2.26. The number of rotatable bonds is 6. The standard InChI is InChI=1S/C18H21BrN2O3S2/c1-12-5-7-15(26(23,24)21(3)4)10-16(12)20-18(22)11-25-17-8-6-14(19)9-13(17)2/h5-10H,11H2,1-4H3,(H,20,22). The van der Waals surface area contributed by atoms with Crippen molar-refractivity contribution in [1.29, 1.82) is 0 Å². The third-order valence-electron chi connectivity index (χ3n) is 3.76. The van der Waals surface area contributed by atoms with Crippen molar-refractivity contribution in [2.75, 3.05) is 25.2 Å². The minimum Gasteiger partial charge on any atom is -0.325 e. The van der Waals surface area contributed by atoms with E-state index in [0.717, 1.165) is 24.8 Å². The first-order chi connectivity index (χ1) is 12.1. The van der Waals surface area contributed by atoms with Crippen LogP contribution in [0.3, 0.4) is 0 Å². The summed E-state index contributed by atoms with van der Waals surface area (Å²) in [6, 6.07) is 10.6. The summed E-state index contributed by atoms with van der Waals surface area (Å²) in [5.41, 5.74) is 2.40. The number of carbonyl (C=O) groups excluding carboxylic acids is 1. The summed E-state index contributed by atoms with van der Waals surface area (Å²) in [7, 11) is -0.591. The number of hydrogen-bond acceptors (Lipinski definition) is 4. The highest BCUT2D eigenvalue weighted by molar-refractivity contribution is 9.10. The molecule has 2 rings (SSSR count). The van der Waals surface area contributed by atoms with E-state index in [1.165, 1.54) is 31.9 Å². The third kappa shape index (κ3) is 5.09. The Hall–Kier alpha value is -1.35. The van der Waals surface area contributed by atoms with Gasteiger partial charge in [0.25, 0.3) is 0 Å². The molecule has 2 aromatic carbocycles. The van der Waals surface area contributed by atoms with Crippen LogP contribution in [0.5, 0.6) is 0 Å². The predicted molar refractivity (Wildman–Crippen MR) is 110 cm³/mol. The second-order valence-electron chi connectivity index (χ2n) is 6.01. The van der Waals surface area contributed by atoms with Gasteiger partial charge in [0.05, 0.1) is 10.6 Å². The fourth-order valence-electron chi connectivity index (χ4n) is 2.21. The molecule has 0 aliphatic rings. The Morgan fingerprint density at radius 3 is 2.42 bits per heavy atom. The fraction of sp³-hybridized carbons (Fsp3) is 0.278. The molecule has 1 amide bonds. The summed E-state index contributed by atoms with van der Waals surface area (Å²) < 4.78 is 26.7. The number of halogens is 1. The van der Waals surface area contributed by atoms with Crippen LogP contribution in [0.25, 0.3) is 0 Å². The Kier molecular flexibility index (Phi) is 6.90. The Bertz CT molecular complexity index is 928. The largest absolute Gasteiger partial charge is 0.325 e. The Labute approximate surface area is 167 Å². The van der Waals surface area contributed by atoms with Crippen molar-refractivity contribution in [2.24, 2.45) is 0 Å². The van der Waals surface area contributed by atoms with Crippen molar-refractivity contribution < 1.29 is 13.2 Å². The number of hydrogen-bond donors (Lipinski definition) is 1. The molecule has 140 valence electrons. The molecule has 1 N–H and O–H groups in total. The first kappa shape index (κ1) is 21.0. The van der Waals surface area contributed by atoms with Crippen molar-refractivity contribution >= 4 is 49.3 Å². The molecule has 0 bridgehead atoms. The average Bonchev–Trinajstić information content (AvgIpc) is 2.55. The first-order valence-electron chi connectivity index (χ1n) is 7.83. The lowest BCUT2D eigenvalue weighted by Crippen LogP contribution is -2.22. The molecule has 8 heteroatoms. The molecule has 0 unspecified atom stereocenters. The number of nitrogens with one attached hydrogen (secondary N) is 1. The normalized spacial score (nSPS) is 11.6. The van der Waals surface area contributed by atoms with Crippen LogP contribution < -0.4 is 5.32 Å². The lowest BCUT2D eigenvalue weighted by Gasteiger charge is -2.14. The average molecular weight is 457 g/mol. The van der Waals surface area contributed by atoms with E-state index in [4.69, 9.17) is 0 Å². The second kappa shape index (κ2) is 8.56. The number of nitrogens with zero attached hydrogens (tertiary/aromatic N) is 1. The molecule has 0 spiro atoms. The molecule has 2 aromatic rings. The number of aryl methyl sites for hydroxylation is 2. The molecule has 0 saturated heterocycles. The second-order valence-corrected chi connectivity index (χ2v) is 10.1. The van der Waals surface area contributed by atoms with E-state index in [1.54, 1.807) is 12.1 Å². The molecule has 0 aliphatic heterocycles. The number of thioether (sulfide) groups is 1. The van der Waals surface area contributed by atoms with Gasteiger partial charge < -0.3 is 5.32 Å². The molecule has 0 heterocycles. The lowest BCUT2D eigenvalue weighted by atomic mass is 10.2. The van der Waals surface area contributed by atoms with E-state index < -0.39 is 10.0 Å². The van der Waals surface area contributed by atoms with Crippen LogP contribution in [0.2, 0.25) is 0 Å². The molecule has 0 atom stereocenters. The first-order valence-corrected chi connectivity index (χ1v) is 11.0. The third-order valence-corrected chi connectivity index (χ3v) is 7.24. The van der Waals surface area contributed by atoms with E-state index in [9.17, 15) is 13.2 Å². The van der Waals surface area contributed by atoms with Crippen LogP contribution in [-0.2, 0) is 14.8 Å². The van der Waals surface area contributed by atoms with Crippen LogP contribution >= 0.6 is 27.7 Å². The minimum absolute atomic E-state index is 0.153. The van der Waals surface area contributed by atoms with Gasteiger partial charge in [0.2, 0.25) is 15.9 Å². The smallest absolute Gasteiger partial charge is 0.242 e. The Balaban J connectivity index is 2.11. The van der Waals surface area contributed by atoms with Gasteiger partial charge >= 0.3 is 0 Å². The molecular formula is C18H21BrN2O3S2. The SMILES string of the molecule is Cc1ccc(S(=O)(=O)N(C)C)cc1NC(=O)CSc1ccc(Br)cc1C. The predicted octanol–water partition coefficient (Wildman–Crippen LogP) is 4.05. The van der Waals surface area contributed by atoms with E-state index in [0.29, 0.717) is 5.69 Å². The summed E-state index contributed by atoms with van der Waals surface area (Å²) in [6.07, 6.45) is 0. The molecule has 0 radical (unpaired) electrons. The van der Waals surface area contributed by atoms with Gasteiger partial charge in [0.15, 0.2) is 0 Å². The van der Waals surface area contributed by atoms with Crippen molar-refractivity contribution in [3.05, 3.63) is 52.0 Å². The van der Waals surface area contributed by atoms with Crippen LogP contribution in [0.15, 0.2) is 50.7 Å². The van der Waals surface area contributed by atoms with Gasteiger partial charge in [-0.05, 0) is 55.3 Å². The van der Waals surface area contributed by atoms with Crippen LogP contribution in [0.4, 0.5) is 5.69 Å². The van der Waals surface area contributed by atoms with Gasteiger partial charge in [-0.3, -0.25) is 4.79 Å². The maximum absolute atomic E-state index is 12.3.